The van der Waals surface area contributed by atoms with Gasteiger partial charge in [0.2, 0.25) is 0 Å². The number of nitrogen functional groups attached to an aromatic ring is 1. The number of nitrogens with one attached hydrogen (secondary N) is 1. The zero-order chi connectivity index (χ0) is 12.3. The van der Waals surface area contributed by atoms with E-state index in [2.05, 4.69) is 17.2 Å². The van der Waals surface area contributed by atoms with Crippen LogP contribution in [0.1, 0.15) is 35.7 Å². The van der Waals surface area contributed by atoms with Crippen LogP contribution in [0.2, 0.25) is 0 Å². The molecule has 4 heteroatoms. The van der Waals surface area contributed by atoms with Gasteiger partial charge in [0.05, 0.1) is 0 Å². The molecule has 3 N–H and O–H groups in total. The van der Waals surface area contributed by atoms with Crippen LogP contribution in [0.15, 0.2) is 24.3 Å². The van der Waals surface area contributed by atoms with Gasteiger partial charge >= 0.3 is 0 Å². The first-order valence-electron chi connectivity index (χ1n) is 6.08. The highest BCUT2D eigenvalue weighted by Gasteiger charge is 2.27. The van der Waals surface area contributed by atoms with Crippen molar-refractivity contribution in [2.24, 2.45) is 5.84 Å². The molecule has 0 bridgehead atoms. The molecular formula is C13H19N3O. The molecule has 1 aliphatic carbocycles. The normalized spacial score (nSPS) is 15.0. The zero-order valence-electron chi connectivity index (χ0n) is 10.1. The molecule has 1 fully saturated rings. The van der Waals surface area contributed by atoms with E-state index < -0.39 is 0 Å². The van der Waals surface area contributed by atoms with Crippen molar-refractivity contribution in [1.29, 1.82) is 0 Å². The van der Waals surface area contributed by atoms with Gasteiger partial charge in [0.25, 0.3) is 5.91 Å². The maximum atomic E-state index is 11.3. The average Bonchev–Trinajstić information content (AvgIpc) is 3.20. The molecule has 17 heavy (non-hydrogen) atoms. The fourth-order valence-electron chi connectivity index (χ4n) is 2.02. The van der Waals surface area contributed by atoms with Gasteiger partial charge in [0.15, 0.2) is 0 Å². The highest BCUT2D eigenvalue weighted by molar-refractivity contribution is 5.93. The molecule has 0 unspecified atom stereocenters. The van der Waals surface area contributed by atoms with E-state index in [4.69, 9.17) is 5.84 Å². The lowest BCUT2D eigenvalue weighted by atomic mass is 10.1. The second-order valence-corrected chi connectivity index (χ2v) is 4.46. The van der Waals surface area contributed by atoms with Crippen molar-refractivity contribution in [1.82, 2.24) is 10.3 Å². The zero-order valence-corrected chi connectivity index (χ0v) is 10.1. The molecule has 4 nitrogen and oxygen atoms in total. The van der Waals surface area contributed by atoms with E-state index in [1.54, 1.807) is 0 Å². The molecule has 0 heterocycles. The second kappa shape index (κ2) is 5.29. The SMILES string of the molecule is CCN(Cc1ccc(C(=O)NN)cc1)C1CC1. The number of carbonyl (C=O) groups is 1. The van der Waals surface area contributed by atoms with E-state index in [0.717, 1.165) is 19.1 Å². The fraction of sp³-hybridized carbons (Fsp3) is 0.462. The van der Waals surface area contributed by atoms with Gasteiger partial charge in [-0.1, -0.05) is 19.1 Å². The molecule has 0 radical (unpaired) electrons. The third-order valence-corrected chi connectivity index (χ3v) is 3.20. The van der Waals surface area contributed by atoms with Gasteiger partial charge < -0.3 is 0 Å². The average molecular weight is 233 g/mol. The molecule has 1 aliphatic rings. The lowest BCUT2D eigenvalue weighted by Crippen LogP contribution is -2.30. The molecular weight excluding hydrogens is 214 g/mol. The van der Waals surface area contributed by atoms with Crippen LogP contribution >= 0.6 is 0 Å². The molecule has 1 amide bonds. The lowest BCUT2D eigenvalue weighted by molar-refractivity contribution is 0.0953. The molecule has 92 valence electrons. The minimum atomic E-state index is -0.244. The molecule has 1 aromatic carbocycles. The predicted octanol–water partition coefficient (Wildman–Crippen LogP) is 1.27. The first-order valence-corrected chi connectivity index (χ1v) is 6.08. The quantitative estimate of drug-likeness (QED) is 0.457. The Morgan fingerprint density at radius 1 is 1.41 bits per heavy atom. The Hall–Kier alpha value is -1.39. The van der Waals surface area contributed by atoms with Crippen LogP contribution < -0.4 is 11.3 Å². The van der Waals surface area contributed by atoms with Gasteiger partial charge in [0, 0.05) is 18.2 Å². The van der Waals surface area contributed by atoms with Crippen LogP contribution in [-0.4, -0.2) is 23.4 Å². The van der Waals surface area contributed by atoms with Crippen LogP contribution in [0, 0.1) is 0 Å². The third kappa shape index (κ3) is 3.05. The molecule has 0 saturated heterocycles. The lowest BCUT2D eigenvalue weighted by Gasteiger charge is -2.19. The van der Waals surface area contributed by atoms with Crippen molar-refractivity contribution in [3.05, 3.63) is 35.4 Å². The van der Waals surface area contributed by atoms with E-state index in [-0.39, 0.29) is 5.91 Å². The summed E-state index contributed by atoms with van der Waals surface area (Å²) in [5, 5.41) is 0. The monoisotopic (exact) mass is 233 g/mol. The predicted molar refractivity (Wildman–Crippen MR) is 67.2 cm³/mol. The Balaban J connectivity index is 1.99. The maximum absolute atomic E-state index is 11.3. The van der Waals surface area contributed by atoms with Crippen molar-refractivity contribution in [2.45, 2.75) is 32.4 Å². The van der Waals surface area contributed by atoms with Crippen molar-refractivity contribution in [2.75, 3.05) is 6.54 Å². The number of hydrazine groups is 1. The van der Waals surface area contributed by atoms with Gasteiger partial charge in [-0.2, -0.15) is 0 Å². The molecule has 0 spiro atoms. The second-order valence-electron chi connectivity index (χ2n) is 4.46. The van der Waals surface area contributed by atoms with Crippen molar-refractivity contribution >= 4 is 5.91 Å². The van der Waals surface area contributed by atoms with E-state index >= 15 is 0 Å². The van der Waals surface area contributed by atoms with Crippen molar-refractivity contribution < 1.29 is 4.79 Å². The van der Waals surface area contributed by atoms with Crippen LogP contribution in [0.25, 0.3) is 0 Å². The Kier molecular flexibility index (Phi) is 3.76. The molecule has 0 aliphatic heterocycles. The summed E-state index contributed by atoms with van der Waals surface area (Å²) in [5.74, 6) is 4.84. The van der Waals surface area contributed by atoms with Crippen LogP contribution in [0.5, 0.6) is 0 Å². The molecule has 0 atom stereocenters. The van der Waals surface area contributed by atoms with E-state index in [1.165, 1.54) is 18.4 Å². The van der Waals surface area contributed by atoms with E-state index in [9.17, 15) is 4.79 Å². The first kappa shape index (κ1) is 12.1. The van der Waals surface area contributed by atoms with Crippen LogP contribution in [-0.2, 0) is 6.54 Å². The summed E-state index contributed by atoms with van der Waals surface area (Å²) < 4.78 is 0. The number of rotatable bonds is 5. The topological polar surface area (TPSA) is 58.4 Å². The van der Waals surface area contributed by atoms with Gasteiger partial charge in [-0.25, -0.2) is 5.84 Å². The summed E-state index contributed by atoms with van der Waals surface area (Å²) in [6.45, 7) is 4.23. The number of benzene rings is 1. The minimum Gasteiger partial charge on any atom is -0.296 e. The fourth-order valence-corrected chi connectivity index (χ4v) is 2.02. The molecule has 1 aromatic rings. The molecule has 0 aromatic heterocycles. The molecule has 2 rings (SSSR count). The van der Waals surface area contributed by atoms with E-state index in [1.807, 2.05) is 24.3 Å². The van der Waals surface area contributed by atoms with Gasteiger partial charge in [0.1, 0.15) is 0 Å². The van der Waals surface area contributed by atoms with Crippen LogP contribution in [0.3, 0.4) is 0 Å². The van der Waals surface area contributed by atoms with Crippen LogP contribution in [0.4, 0.5) is 0 Å². The Morgan fingerprint density at radius 3 is 2.53 bits per heavy atom. The van der Waals surface area contributed by atoms with Gasteiger partial charge in [-0.05, 0) is 37.1 Å². The summed E-state index contributed by atoms with van der Waals surface area (Å²) >= 11 is 0. The summed E-state index contributed by atoms with van der Waals surface area (Å²) in [6.07, 6.45) is 2.64. The molecule has 1 saturated carbocycles. The summed E-state index contributed by atoms with van der Waals surface area (Å²) in [6, 6.07) is 8.40. The van der Waals surface area contributed by atoms with E-state index in [0.29, 0.717) is 5.56 Å². The highest BCUT2D eigenvalue weighted by atomic mass is 16.2. The Labute approximate surface area is 102 Å². The van der Waals surface area contributed by atoms with Crippen molar-refractivity contribution in [3.63, 3.8) is 0 Å². The number of carbonyl (C=O) groups excluding carboxylic acids is 1. The number of amides is 1. The Morgan fingerprint density at radius 2 is 2.06 bits per heavy atom. The summed E-state index contributed by atoms with van der Waals surface area (Å²) in [5.41, 5.74) is 3.98. The largest absolute Gasteiger partial charge is 0.296 e. The number of hydrogen-bond acceptors (Lipinski definition) is 3. The third-order valence-electron chi connectivity index (χ3n) is 3.20. The van der Waals surface area contributed by atoms with Gasteiger partial charge in [-0.3, -0.25) is 15.1 Å². The first-order chi connectivity index (χ1) is 8.24. The highest BCUT2D eigenvalue weighted by Crippen LogP contribution is 2.27. The number of hydrogen-bond donors (Lipinski definition) is 2. The number of nitrogens with two attached hydrogens (primary N) is 1. The van der Waals surface area contributed by atoms with Gasteiger partial charge in [-0.15, -0.1) is 0 Å². The smallest absolute Gasteiger partial charge is 0.265 e. The summed E-state index contributed by atoms with van der Waals surface area (Å²) in [4.78, 5) is 13.7. The maximum Gasteiger partial charge on any atom is 0.265 e. The minimum absolute atomic E-state index is 0.244. The standard InChI is InChI=1S/C13H19N3O/c1-2-16(12-7-8-12)9-10-3-5-11(6-4-10)13(17)15-14/h3-6,12H,2,7-9,14H2,1H3,(H,15,17). The summed E-state index contributed by atoms with van der Waals surface area (Å²) in [7, 11) is 0. The Bertz CT molecular complexity index is 384. The van der Waals surface area contributed by atoms with Crippen molar-refractivity contribution in [3.8, 4) is 0 Å². The number of nitrogens with zero attached hydrogens (tertiary/aromatic N) is 1.